The highest BCUT2D eigenvalue weighted by molar-refractivity contribution is 7.80. The molecule has 0 aliphatic carbocycles. The van der Waals surface area contributed by atoms with E-state index < -0.39 is 22.7 Å². The van der Waals surface area contributed by atoms with Crippen LogP contribution in [0.25, 0.3) is 0 Å². The molecule has 3 N–H and O–H groups in total. The number of non-ortho nitro benzene ring substituents is 1. The molecule has 2 aromatic rings. The lowest BCUT2D eigenvalue weighted by Gasteiger charge is -2.30. The zero-order valence-electron chi connectivity index (χ0n) is 14.2. The molecule has 3 rings (SSSR count). The van der Waals surface area contributed by atoms with E-state index in [4.69, 9.17) is 12.2 Å². The first-order chi connectivity index (χ1) is 12.8. The number of anilines is 1. The molecule has 27 heavy (non-hydrogen) atoms. The number of thiocarbonyl (C=S) groups is 1. The van der Waals surface area contributed by atoms with Crippen molar-refractivity contribution in [2.45, 2.75) is 13.0 Å². The van der Waals surface area contributed by atoms with Crippen molar-refractivity contribution in [2.75, 3.05) is 5.32 Å². The lowest BCUT2D eigenvalue weighted by atomic mass is 9.94. The molecule has 1 atom stereocenters. The number of hydrogen-bond donors (Lipinski definition) is 3. The van der Waals surface area contributed by atoms with Gasteiger partial charge in [-0.05, 0) is 61.1 Å². The van der Waals surface area contributed by atoms with Crippen LogP contribution in [-0.2, 0) is 4.79 Å². The predicted molar refractivity (Wildman–Crippen MR) is 102 cm³/mol. The quantitative estimate of drug-likeness (QED) is 0.424. The van der Waals surface area contributed by atoms with Gasteiger partial charge in [-0.15, -0.1) is 0 Å². The summed E-state index contributed by atoms with van der Waals surface area (Å²) in [6, 6.07) is 10.7. The molecule has 0 bridgehead atoms. The number of amides is 1. The molecule has 1 amide bonds. The number of carbonyl (C=O) groups excluding carboxylic acids is 1. The van der Waals surface area contributed by atoms with Gasteiger partial charge in [0.1, 0.15) is 5.82 Å². The van der Waals surface area contributed by atoms with E-state index in [1.165, 1.54) is 36.4 Å². The molecule has 7 nitrogen and oxygen atoms in total. The minimum Gasteiger partial charge on any atom is -0.351 e. The second-order valence-electron chi connectivity index (χ2n) is 5.88. The summed E-state index contributed by atoms with van der Waals surface area (Å²) in [6.07, 6.45) is 0. The lowest BCUT2D eigenvalue weighted by Crippen LogP contribution is -2.45. The van der Waals surface area contributed by atoms with Crippen LogP contribution in [0.15, 0.2) is 59.8 Å². The van der Waals surface area contributed by atoms with Crippen molar-refractivity contribution in [2.24, 2.45) is 0 Å². The standard InChI is InChI=1S/C18H15FN4O3S/c1-10-15(17(24)21-13-6-4-12(19)5-7-13)16(22-18(27)20-10)11-2-8-14(9-3-11)23(25)26/h2-9,16H,1H3,(H,21,24)(H2,20,22,27). The molecule has 1 aliphatic heterocycles. The summed E-state index contributed by atoms with van der Waals surface area (Å²) in [6.45, 7) is 1.71. The number of carbonyl (C=O) groups is 1. The normalized spacial score (nSPS) is 16.4. The van der Waals surface area contributed by atoms with Gasteiger partial charge in [0, 0.05) is 23.5 Å². The topological polar surface area (TPSA) is 96.3 Å². The number of allylic oxidation sites excluding steroid dienone is 1. The Hall–Kier alpha value is -3.33. The second kappa shape index (κ2) is 7.50. The summed E-state index contributed by atoms with van der Waals surface area (Å²) in [5.41, 5.74) is 1.97. The number of rotatable bonds is 4. The minimum absolute atomic E-state index is 0.0479. The van der Waals surface area contributed by atoms with Crippen LogP contribution < -0.4 is 16.0 Å². The van der Waals surface area contributed by atoms with Crippen LogP contribution in [-0.4, -0.2) is 15.9 Å². The summed E-state index contributed by atoms with van der Waals surface area (Å²) in [5.74, 6) is -0.802. The highest BCUT2D eigenvalue weighted by Crippen LogP contribution is 2.29. The summed E-state index contributed by atoms with van der Waals surface area (Å²) in [4.78, 5) is 23.2. The SMILES string of the molecule is CC1=C(C(=O)Nc2ccc(F)cc2)C(c2ccc([N+](=O)[O-])cc2)NC(=S)N1. The van der Waals surface area contributed by atoms with Gasteiger partial charge in [-0.2, -0.15) is 0 Å². The summed E-state index contributed by atoms with van der Waals surface area (Å²) < 4.78 is 13.1. The Kier molecular flexibility index (Phi) is 5.13. The smallest absolute Gasteiger partial charge is 0.269 e. The van der Waals surface area contributed by atoms with Crippen LogP contribution in [0.4, 0.5) is 15.8 Å². The first-order valence-corrected chi connectivity index (χ1v) is 8.35. The molecular weight excluding hydrogens is 371 g/mol. The number of halogens is 1. The van der Waals surface area contributed by atoms with Crippen molar-refractivity contribution in [1.29, 1.82) is 0 Å². The number of nitro benzene ring substituents is 1. The first kappa shape index (κ1) is 18.5. The first-order valence-electron chi connectivity index (χ1n) is 7.94. The molecule has 1 aliphatic rings. The maximum atomic E-state index is 13.1. The van der Waals surface area contributed by atoms with E-state index in [9.17, 15) is 19.3 Å². The molecule has 1 heterocycles. The summed E-state index contributed by atoms with van der Waals surface area (Å²) in [5, 5.41) is 19.8. The highest BCUT2D eigenvalue weighted by Gasteiger charge is 2.30. The Bertz CT molecular complexity index is 942. The predicted octanol–water partition coefficient (Wildman–Crippen LogP) is 3.17. The van der Waals surface area contributed by atoms with Crippen molar-refractivity contribution in [3.8, 4) is 0 Å². The van der Waals surface area contributed by atoms with Crippen LogP contribution >= 0.6 is 12.2 Å². The number of nitrogens with zero attached hydrogens (tertiary/aromatic N) is 1. The van der Waals surface area contributed by atoms with E-state index in [2.05, 4.69) is 16.0 Å². The number of hydrogen-bond acceptors (Lipinski definition) is 4. The van der Waals surface area contributed by atoms with Gasteiger partial charge in [0.2, 0.25) is 0 Å². The average molecular weight is 386 g/mol. The van der Waals surface area contributed by atoms with E-state index in [0.29, 0.717) is 27.6 Å². The van der Waals surface area contributed by atoms with Crippen LogP contribution in [0.1, 0.15) is 18.5 Å². The van der Waals surface area contributed by atoms with Crippen LogP contribution in [0.2, 0.25) is 0 Å². The van der Waals surface area contributed by atoms with Gasteiger partial charge in [-0.25, -0.2) is 4.39 Å². The van der Waals surface area contributed by atoms with Gasteiger partial charge < -0.3 is 16.0 Å². The zero-order valence-corrected chi connectivity index (χ0v) is 15.0. The van der Waals surface area contributed by atoms with Crippen LogP contribution in [0.5, 0.6) is 0 Å². The molecule has 0 radical (unpaired) electrons. The van der Waals surface area contributed by atoms with Crippen molar-refractivity contribution in [1.82, 2.24) is 10.6 Å². The Morgan fingerprint density at radius 3 is 2.41 bits per heavy atom. The molecular formula is C18H15FN4O3S. The van der Waals surface area contributed by atoms with Crippen molar-refractivity contribution in [3.63, 3.8) is 0 Å². The number of nitro groups is 1. The fourth-order valence-corrected chi connectivity index (χ4v) is 3.04. The van der Waals surface area contributed by atoms with Crippen molar-refractivity contribution < 1.29 is 14.1 Å². The molecule has 0 fully saturated rings. The third-order valence-corrected chi connectivity index (χ3v) is 4.27. The average Bonchev–Trinajstić information content (AvgIpc) is 2.63. The third-order valence-electron chi connectivity index (χ3n) is 4.05. The van der Waals surface area contributed by atoms with Gasteiger partial charge >= 0.3 is 0 Å². The Balaban J connectivity index is 1.92. The molecule has 1 unspecified atom stereocenters. The third kappa shape index (κ3) is 4.09. The molecule has 0 aromatic heterocycles. The van der Waals surface area contributed by atoms with E-state index in [1.54, 1.807) is 19.1 Å². The van der Waals surface area contributed by atoms with Crippen molar-refractivity contribution >= 4 is 34.6 Å². The molecule has 0 saturated carbocycles. The van der Waals surface area contributed by atoms with Crippen LogP contribution in [0.3, 0.4) is 0 Å². The van der Waals surface area contributed by atoms with Gasteiger partial charge in [0.15, 0.2) is 5.11 Å². The highest BCUT2D eigenvalue weighted by atomic mass is 32.1. The number of nitrogens with one attached hydrogen (secondary N) is 3. The monoisotopic (exact) mass is 386 g/mol. The van der Waals surface area contributed by atoms with Gasteiger partial charge in [-0.1, -0.05) is 0 Å². The second-order valence-corrected chi connectivity index (χ2v) is 6.29. The molecule has 9 heteroatoms. The fourth-order valence-electron chi connectivity index (χ4n) is 2.77. The Morgan fingerprint density at radius 1 is 1.19 bits per heavy atom. The minimum atomic E-state index is -0.583. The Morgan fingerprint density at radius 2 is 1.81 bits per heavy atom. The summed E-state index contributed by atoms with van der Waals surface area (Å²) in [7, 11) is 0. The molecule has 0 spiro atoms. The Labute approximate surface area is 159 Å². The van der Waals surface area contributed by atoms with Gasteiger partial charge in [-0.3, -0.25) is 14.9 Å². The lowest BCUT2D eigenvalue weighted by molar-refractivity contribution is -0.384. The van der Waals surface area contributed by atoms with E-state index in [-0.39, 0.29) is 5.69 Å². The van der Waals surface area contributed by atoms with Gasteiger partial charge in [0.25, 0.3) is 11.6 Å². The zero-order chi connectivity index (χ0) is 19.6. The maximum absolute atomic E-state index is 13.1. The molecule has 138 valence electrons. The maximum Gasteiger partial charge on any atom is 0.269 e. The van der Waals surface area contributed by atoms with E-state index in [1.807, 2.05) is 0 Å². The van der Waals surface area contributed by atoms with Gasteiger partial charge in [0.05, 0.1) is 16.5 Å². The van der Waals surface area contributed by atoms with Crippen molar-refractivity contribution in [3.05, 3.63) is 81.3 Å². The fraction of sp³-hybridized carbons (Fsp3) is 0.111. The van der Waals surface area contributed by atoms with E-state index in [0.717, 1.165) is 0 Å². The van der Waals surface area contributed by atoms with Crippen LogP contribution in [0, 0.1) is 15.9 Å². The molecule has 0 saturated heterocycles. The number of benzene rings is 2. The largest absolute Gasteiger partial charge is 0.351 e. The summed E-state index contributed by atoms with van der Waals surface area (Å²) >= 11 is 5.17. The van der Waals surface area contributed by atoms with E-state index >= 15 is 0 Å². The molecule has 2 aromatic carbocycles.